The fraction of sp³-hybridized carbons (Fsp3) is 0.929. The minimum atomic E-state index is 0.760. The van der Waals surface area contributed by atoms with Crippen LogP contribution < -0.4 is 0 Å². The predicted molar refractivity (Wildman–Crippen MR) is 77.4 cm³/mol. The molecule has 0 aliphatic heterocycles. The molecular weight excluding hydrogens is 264 g/mol. The molecule has 0 saturated carbocycles. The van der Waals surface area contributed by atoms with E-state index in [4.69, 9.17) is 0 Å². The summed E-state index contributed by atoms with van der Waals surface area (Å²) in [4.78, 5) is 10.0. The van der Waals surface area contributed by atoms with Crippen molar-refractivity contribution in [2.24, 2.45) is 0 Å². The van der Waals surface area contributed by atoms with Crippen molar-refractivity contribution >= 4 is 22.2 Å². The molecule has 0 aromatic heterocycles. The highest BCUT2D eigenvalue weighted by Crippen LogP contribution is 2.10. The Hall–Kier alpha value is 0.150. The van der Waals surface area contributed by atoms with E-state index in [1.54, 1.807) is 0 Å². The summed E-state index contributed by atoms with van der Waals surface area (Å²) in [5.41, 5.74) is 0. The van der Waals surface area contributed by atoms with E-state index in [9.17, 15) is 4.79 Å². The molecule has 1 nitrogen and oxygen atoms in total. The summed E-state index contributed by atoms with van der Waals surface area (Å²) in [5, 5.41) is 0. The van der Waals surface area contributed by atoms with Gasteiger partial charge in [-0.25, -0.2) is 0 Å². The van der Waals surface area contributed by atoms with Crippen LogP contribution in [0.3, 0.4) is 0 Å². The normalized spacial score (nSPS) is 9.44. The first-order chi connectivity index (χ1) is 7.91. The Kier molecular flexibility index (Phi) is 23.8. The molecule has 0 N–H and O–H groups in total. The molecule has 0 unspecified atom stereocenters. The lowest BCUT2D eigenvalue weighted by molar-refractivity contribution is -0.107. The number of unbranched alkanes of at least 4 members (excludes halogenated alkanes) is 10. The van der Waals surface area contributed by atoms with Crippen LogP contribution in [-0.4, -0.2) is 12.1 Å². The number of alkyl halides is 1. The van der Waals surface area contributed by atoms with Gasteiger partial charge in [-0.2, -0.15) is 0 Å². The van der Waals surface area contributed by atoms with Crippen LogP contribution in [0.4, 0.5) is 0 Å². The van der Waals surface area contributed by atoms with Crippen molar-refractivity contribution < 1.29 is 4.79 Å². The zero-order chi connectivity index (χ0) is 12.5. The zero-order valence-electron chi connectivity index (χ0n) is 11.1. The molecule has 0 aliphatic rings. The van der Waals surface area contributed by atoms with Crippen LogP contribution in [-0.2, 0) is 4.79 Å². The molecule has 16 heavy (non-hydrogen) atoms. The number of halogens is 1. The Morgan fingerprint density at radius 1 is 0.750 bits per heavy atom. The van der Waals surface area contributed by atoms with Gasteiger partial charge >= 0.3 is 0 Å². The maximum absolute atomic E-state index is 10.0. The van der Waals surface area contributed by atoms with Crippen molar-refractivity contribution in [3.63, 3.8) is 0 Å². The Morgan fingerprint density at radius 2 is 1.12 bits per heavy atom. The summed E-state index contributed by atoms with van der Waals surface area (Å²) >= 11 is 2.94. The van der Waals surface area contributed by atoms with Gasteiger partial charge in [0, 0.05) is 6.42 Å². The monoisotopic (exact) mass is 292 g/mol. The Labute approximate surface area is 111 Å². The van der Waals surface area contributed by atoms with Crippen molar-refractivity contribution in [2.45, 2.75) is 77.6 Å². The molecule has 2 heteroatoms. The van der Waals surface area contributed by atoms with Crippen molar-refractivity contribution in [1.82, 2.24) is 0 Å². The lowest BCUT2D eigenvalue weighted by atomic mass is 10.1. The smallest absolute Gasteiger partial charge is 0.119 e. The molecule has 0 aromatic carbocycles. The highest BCUT2D eigenvalue weighted by Gasteiger charge is 1.91. The van der Waals surface area contributed by atoms with E-state index >= 15 is 0 Å². The summed E-state index contributed by atoms with van der Waals surface area (Å²) in [6.07, 6.45) is 15.2. The standard InChI is InChI=1S/C13H26O.CH3Br/c1-2-3-4-5-6-7-8-9-10-11-12-13-14;1-2/h13H,2-12H2,1H3;1H3. The number of rotatable bonds is 11. The van der Waals surface area contributed by atoms with Crippen LogP contribution in [0.2, 0.25) is 0 Å². The molecule has 0 rings (SSSR count). The highest BCUT2D eigenvalue weighted by molar-refractivity contribution is 9.08. The van der Waals surface area contributed by atoms with Crippen molar-refractivity contribution in [2.75, 3.05) is 5.83 Å². The lowest BCUT2D eigenvalue weighted by Gasteiger charge is -2.00. The molecule has 0 aliphatic carbocycles. The fourth-order valence-electron chi connectivity index (χ4n) is 1.72. The van der Waals surface area contributed by atoms with Crippen LogP contribution in [0.5, 0.6) is 0 Å². The van der Waals surface area contributed by atoms with Crippen molar-refractivity contribution in [1.29, 1.82) is 0 Å². The second kappa shape index (κ2) is 20.5. The summed E-state index contributed by atoms with van der Waals surface area (Å²) in [6.45, 7) is 2.26. The largest absolute Gasteiger partial charge is 0.303 e. The number of carbonyl (C=O) groups is 1. The summed E-state index contributed by atoms with van der Waals surface area (Å²) in [5.74, 6) is 1.81. The average molecular weight is 293 g/mol. The summed E-state index contributed by atoms with van der Waals surface area (Å²) in [6, 6.07) is 0. The van der Waals surface area contributed by atoms with Crippen LogP contribution in [0, 0.1) is 0 Å². The minimum Gasteiger partial charge on any atom is -0.303 e. The number of aldehydes is 1. The molecule has 0 spiro atoms. The first kappa shape index (κ1) is 18.5. The van der Waals surface area contributed by atoms with Gasteiger partial charge in [0.15, 0.2) is 0 Å². The SMILES string of the molecule is CBr.CCCCCCCCCCCCC=O. The number of hydrogen-bond acceptors (Lipinski definition) is 1. The van der Waals surface area contributed by atoms with Crippen molar-refractivity contribution in [3.05, 3.63) is 0 Å². The van der Waals surface area contributed by atoms with E-state index in [0.717, 1.165) is 19.1 Å². The van der Waals surface area contributed by atoms with E-state index in [0.29, 0.717) is 0 Å². The summed E-state index contributed by atoms with van der Waals surface area (Å²) < 4.78 is 0. The average Bonchev–Trinajstić information content (AvgIpc) is 2.34. The van der Waals surface area contributed by atoms with E-state index < -0.39 is 0 Å². The van der Waals surface area contributed by atoms with Gasteiger partial charge in [0.05, 0.1) is 0 Å². The first-order valence-electron chi connectivity index (χ1n) is 6.73. The predicted octanol–water partition coefficient (Wildman–Crippen LogP) is 5.51. The first-order valence-corrected chi connectivity index (χ1v) is 8.32. The maximum atomic E-state index is 10.0. The van der Waals surface area contributed by atoms with E-state index in [1.807, 2.05) is 5.83 Å². The molecule has 0 fully saturated rings. The maximum Gasteiger partial charge on any atom is 0.119 e. The van der Waals surface area contributed by atoms with E-state index in [2.05, 4.69) is 22.9 Å². The van der Waals surface area contributed by atoms with Gasteiger partial charge in [0.25, 0.3) is 0 Å². The Balaban J connectivity index is 0. The van der Waals surface area contributed by atoms with Crippen LogP contribution in [0.25, 0.3) is 0 Å². The molecule has 0 amide bonds. The molecule has 98 valence electrons. The molecular formula is C14H29BrO. The van der Waals surface area contributed by atoms with Gasteiger partial charge in [0.1, 0.15) is 6.29 Å². The van der Waals surface area contributed by atoms with Gasteiger partial charge in [0.2, 0.25) is 0 Å². The second-order valence-electron chi connectivity index (χ2n) is 4.14. The molecule has 0 saturated heterocycles. The van der Waals surface area contributed by atoms with E-state index in [1.165, 1.54) is 57.8 Å². The van der Waals surface area contributed by atoms with Crippen molar-refractivity contribution in [3.8, 4) is 0 Å². The van der Waals surface area contributed by atoms with Gasteiger partial charge < -0.3 is 4.79 Å². The van der Waals surface area contributed by atoms with Crippen LogP contribution >= 0.6 is 15.9 Å². The van der Waals surface area contributed by atoms with E-state index in [-0.39, 0.29) is 0 Å². The number of hydrogen-bond donors (Lipinski definition) is 0. The molecule has 0 atom stereocenters. The quantitative estimate of drug-likeness (QED) is 0.279. The van der Waals surface area contributed by atoms with Gasteiger partial charge in [-0.15, -0.1) is 0 Å². The Morgan fingerprint density at radius 3 is 1.50 bits per heavy atom. The second-order valence-corrected chi connectivity index (χ2v) is 4.14. The minimum absolute atomic E-state index is 0.760. The third-order valence-corrected chi connectivity index (χ3v) is 2.68. The lowest BCUT2D eigenvalue weighted by Crippen LogP contribution is -1.82. The van der Waals surface area contributed by atoms with Gasteiger partial charge in [-0.3, -0.25) is 0 Å². The topological polar surface area (TPSA) is 17.1 Å². The van der Waals surface area contributed by atoms with Crippen LogP contribution in [0.15, 0.2) is 0 Å². The molecule has 0 bridgehead atoms. The Bertz CT molecular complexity index is 115. The fourth-order valence-corrected chi connectivity index (χ4v) is 1.72. The summed E-state index contributed by atoms with van der Waals surface area (Å²) in [7, 11) is 0. The molecule has 0 heterocycles. The third kappa shape index (κ3) is 19.7. The third-order valence-electron chi connectivity index (χ3n) is 2.68. The van der Waals surface area contributed by atoms with Crippen LogP contribution in [0.1, 0.15) is 77.6 Å². The zero-order valence-corrected chi connectivity index (χ0v) is 12.7. The molecule has 0 radical (unpaired) electrons. The number of carbonyl (C=O) groups excluding carboxylic acids is 1. The highest BCUT2D eigenvalue weighted by atomic mass is 79.9. The van der Waals surface area contributed by atoms with Gasteiger partial charge in [-0.1, -0.05) is 80.6 Å². The van der Waals surface area contributed by atoms with Gasteiger partial charge in [-0.05, 0) is 12.3 Å². The molecule has 0 aromatic rings.